The fourth-order valence-corrected chi connectivity index (χ4v) is 3.25. The molecule has 0 spiro atoms. The number of methoxy groups -OCH3 is 2. The first-order chi connectivity index (χ1) is 10.1. The smallest absolute Gasteiger partial charge is 0.306 e. The summed E-state index contributed by atoms with van der Waals surface area (Å²) in [7, 11) is 3.23. The molecule has 1 heterocycles. The maximum absolute atomic E-state index is 11.0. The lowest BCUT2D eigenvalue weighted by Gasteiger charge is -2.30. The van der Waals surface area contributed by atoms with Gasteiger partial charge in [-0.05, 0) is 53.5 Å². The molecule has 116 valence electrons. The second kappa shape index (κ2) is 7.13. The van der Waals surface area contributed by atoms with Crippen LogP contribution in [-0.4, -0.2) is 43.3 Å². The number of benzene rings is 1. The van der Waals surface area contributed by atoms with E-state index in [-0.39, 0.29) is 5.92 Å². The summed E-state index contributed by atoms with van der Waals surface area (Å²) in [6, 6.07) is 3.90. The van der Waals surface area contributed by atoms with Gasteiger partial charge in [-0.25, -0.2) is 0 Å². The van der Waals surface area contributed by atoms with E-state index in [0.29, 0.717) is 24.3 Å². The second-order valence-corrected chi connectivity index (χ2v) is 5.96. The number of carboxylic acids is 1. The van der Waals surface area contributed by atoms with Crippen molar-refractivity contribution in [2.24, 2.45) is 5.92 Å². The standard InChI is InChI=1S/C15H20BrNO4/c1-20-12-4-3-11(13(16)14(12)21-2)9-17-7-5-10(6-8-17)15(18)19/h3-4,10H,5-9H2,1-2H3,(H,18,19). The molecule has 1 N–H and O–H groups in total. The first-order valence-electron chi connectivity index (χ1n) is 6.91. The van der Waals surface area contributed by atoms with Crippen LogP contribution in [0.3, 0.4) is 0 Å². The van der Waals surface area contributed by atoms with Gasteiger partial charge in [0, 0.05) is 6.54 Å². The zero-order chi connectivity index (χ0) is 15.4. The van der Waals surface area contributed by atoms with Gasteiger partial charge in [-0.2, -0.15) is 0 Å². The monoisotopic (exact) mass is 357 g/mol. The maximum atomic E-state index is 11.0. The summed E-state index contributed by atoms with van der Waals surface area (Å²) in [4.78, 5) is 13.2. The van der Waals surface area contributed by atoms with Crippen LogP contribution in [0.15, 0.2) is 16.6 Å². The molecule has 21 heavy (non-hydrogen) atoms. The van der Waals surface area contributed by atoms with E-state index in [1.165, 1.54) is 0 Å². The van der Waals surface area contributed by atoms with Gasteiger partial charge in [0.15, 0.2) is 11.5 Å². The number of hydrogen-bond donors (Lipinski definition) is 1. The fourth-order valence-electron chi connectivity index (χ4n) is 2.63. The number of ether oxygens (including phenoxy) is 2. The van der Waals surface area contributed by atoms with Crippen LogP contribution >= 0.6 is 15.9 Å². The van der Waals surface area contributed by atoms with Crippen LogP contribution in [0.5, 0.6) is 11.5 Å². The number of hydrogen-bond acceptors (Lipinski definition) is 4. The summed E-state index contributed by atoms with van der Waals surface area (Å²) in [6.45, 7) is 2.38. The predicted octanol–water partition coefficient (Wildman–Crippen LogP) is 2.76. The molecule has 1 aromatic carbocycles. The number of carboxylic acid groups (broad SMARTS) is 1. The number of likely N-dealkylation sites (tertiary alicyclic amines) is 1. The van der Waals surface area contributed by atoms with Crippen LogP contribution in [0.4, 0.5) is 0 Å². The highest BCUT2D eigenvalue weighted by Crippen LogP contribution is 2.38. The van der Waals surface area contributed by atoms with E-state index in [9.17, 15) is 4.79 Å². The molecule has 1 aliphatic rings. The van der Waals surface area contributed by atoms with E-state index in [0.717, 1.165) is 29.7 Å². The van der Waals surface area contributed by atoms with Gasteiger partial charge >= 0.3 is 5.97 Å². The van der Waals surface area contributed by atoms with Crippen LogP contribution in [-0.2, 0) is 11.3 Å². The molecular weight excluding hydrogens is 338 g/mol. The third-order valence-corrected chi connectivity index (χ3v) is 4.77. The van der Waals surface area contributed by atoms with Crippen molar-refractivity contribution in [1.82, 2.24) is 4.90 Å². The Morgan fingerprint density at radius 2 is 2.00 bits per heavy atom. The molecule has 0 saturated carbocycles. The molecule has 0 unspecified atom stereocenters. The maximum Gasteiger partial charge on any atom is 0.306 e. The van der Waals surface area contributed by atoms with Crippen molar-refractivity contribution in [1.29, 1.82) is 0 Å². The van der Waals surface area contributed by atoms with Crippen LogP contribution in [0.2, 0.25) is 0 Å². The van der Waals surface area contributed by atoms with Crippen molar-refractivity contribution >= 4 is 21.9 Å². The predicted molar refractivity (Wildman–Crippen MR) is 82.9 cm³/mol. The van der Waals surface area contributed by atoms with Crippen LogP contribution in [0.1, 0.15) is 18.4 Å². The highest BCUT2D eigenvalue weighted by molar-refractivity contribution is 9.10. The lowest BCUT2D eigenvalue weighted by molar-refractivity contribution is -0.143. The molecule has 0 radical (unpaired) electrons. The fraction of sp³-hybridized carbons (Fsp3) is 0.533. The van der Waals surface area contributed by atoms with Gasteiger partial charge in [0.2, 0.25) is 0 Å². The Labute approximate surface area is 133 Å². The molecule has 1 aliphatic heterocycles. The van der Waals surface area contributed by atoms with Gasteiger partial charge < -0.3 is 14.6 Å². The normalized spacial score (nSPS) is 16.7. The number of rotatable bonds is 5. The largest absolute Gasteiger partial charge is 0.493 e. The Hall–Kier alpha value is -1.27. The highest BCUT2D eigenvalue weighted by Gasteiger charge is 2.25. The average Bonchev–Trinajstić information content (AvgIpc) is 2.49. The van der Waals surface area contributed by atoms with Crippen molar-refractivity contribution in [3.63, 3.8) is 0 Å². The molecule has 2 rings (SSSR count). The van der Waals surface area contributed by atoms with Gasteiger partial charge in [0.25, 0.3) is 0 Å². The number of nitrogens with zero attached hydrogens (tertiary/aromatic N) is 1. The minimum atomic E-state index is -0.679. The molecule has 0 aliphatic carbocycles. The summed E-state index contributed by atoms with van der Waals surface area (Å²) >= 11 is 3.57. The van der Waals surface area contributed by atoms with Gasteiger partial charge in [0.1, 0.15) is 0 Å². The van der Waals surface area contributed by atoms with Crippen molar-refractivity contribution in [3.05, 3.63) is 22.2 Å². The average molecular weight is 358 g/mol. The minimum absolute atomic E-state index is 0.199. The molecule has 6 heteroatoms. The second-order valence-electron chi connectivity index (χ2n) is 5.16. The number of halogens is 1. The van der Waals surface area contributed by atoms with E-state index in [1.54, 1.807) is 14.2 Å². The van der Waals surface area contributed by atoms with E-state index < -0.39 is 5.97 Å². The quantitative estimate of drug-likeness (QED) is 0.877. The van der Waals surface area contributed by atoms with Crippen molar-refractivity contribution < 1.29 is 19.4 Å². The van der Waals surface area contributed by atoms with Gasteiger partial charge in [0.05, 0.1) is 24.6 Å². The van der Waals surface area contributed by atoms with E-state index in [2.05, 4.69) is 20.8 Å². The molecule has 5 nitrogen and oxygen atoms in total. The number of carbonyl (C=O) groups is 1. The minimum Gasteiger partial charge on any atom is -0.493 e. The van der Waals surface area contributed by atoms with Crippen LogP contribution in [0, 0.1) is 5.92 Å². The third kappa shape index (κ3) is 3.68. The number of piperidine rings is 1. The Morgan fingerprint density at radius 3 is 2.52 bits per heavy atom. The van der Waals surface area contributed by atoms with Crippen molar-refractivity contribution in [2.75, 3.05) is 27.3 Å². The molecular formula is C15H20BrNO4. The Morgan fingerprint density at radius 1 is 1.33 bits per heavy atom. The highest BCUT2D eigenvalue weighted by atomic mass is 79.9. The summed E-state index contributed by atoms with van der Waals surface area (Å²) in [5.41, 5.74) is 1.11. The SMILES string of the molecule is COc1ccc(CN2CCC(C(=O)O)CC2)c(Br)c1OC. The van der Waals surface area contributed by atoms with Gasteiger partial charge in [-0.15, -0.1) is 0 Å². The lowest BCUT2D eigenvalue weighted by atomic mass is 9.97. The van der Waals surface area contributed by atoms with Gasteiger partial charge in [-0.3, -0.25) is 9.69 Å². The Bertz CT molecular complexity index is 513. The Kier molecular flexibility index (Phi) is 5.47. The van der Waals surface area contributed by atoms with E-state index in [4.69, 9.17) is 14.6 Å². The zero-order valence-corrected chi connectivity index (χ0v) is 13.9. The number of aliphatic carboxylic acids is 1. The van der Waals surface area contributed by atoms with Crippen LogP contribution < -0.4 is 9.47 Å². The van der Waals surface area contributed by atoms with Crippen LogP contribution in [0.25, 0.3) is 0 Å². The molecule has 0 bridgehead atoms. The summed E-state index contributed by atoms with van der Waals surface area (Å²) in [6.07, 6.45) is 1.42. The zero-order valence-electron chi connectivity index (χ0n) is 12.3. The lowest BCUT2D eigenvalue weighted by Crippen LogP contribution is -2.35. The molecule has 0 amide bonds. The van der Waals surface area contributed by atoms with E-state index >= 15 is 0 Å². The summed E-state index contributed by atoms with van der Waals surface area (Å²) in [5.74, 6) is 0.505. The first kappa shape index (κ1) is 16.1. The molecule has 0 atom stereocenters. The topological polar surface area (TPSA) is 59.0 Å². The molecule has 1 aromatic rings. The summed E-state index contributed by atoms with van der Waals surface area (Å²) in [5, 5.41) is 9.03. The Balaban J connectivity index is 2.06. The van der Waals surface area contributed by atoms with Crippen molar-refractivity contribution in [3.8, 4) is 11.5 Å². The van der Waals surface area contributed by atoms with Crippen molar-refractivity contribution in [2.45, 2.75) is 19.4 Å². The van der Waals surface area contributed by atoms with Gasteiger partial charge in [-0.1, -0.05) is 6.07 Å². The first-order valence-corrected chi connectivity index (χ1v) is 7.70. The third-order valence-electron chi connectivity index (χ3n) is 3.90. The molecule has 1 fully saturated rings. The van der Waals surface area contributed by atoms with E-state index in [1.807, 2.05) is 12.1 Å². The summed E-state index contributed by atoms with van der Waals surface area (Å²) < 4.78 is 11.5. The molecule has 0 aromatic heterocycles. The molecule has 1 saturated heterocycles.